The largest absolute Gasteiger partial charge is 0.492 e. The van der Waals surface area contributed by atoms with E-state index in [9.17, 15) is 10.0 Å². The summed E-state index contributed by atoms with van der Waals surface area (Å²) < 4.78 is 11.0. The molecule has 0 aliphatic rings. The number of hydrogen-bond acceptors (Lipinski definition) is 4. The Bertz CT molecular complexity index is 569. The molecule has 4 nitrogen and oxygen atoms in total. The molecule has 0 saturated carbocycles. The zero-order valence-electron chi connectivity index (χ0n) is 11.7. The number of ether oxygens (including phenoxy) is 2. The lowest BCUT2D eigenvalue weighted by molar-refractivity contribution is 0.0554. The molecule has 0 atom stereocenters. The Morgan fingerprint density at radius 2 is 1.80 bits per heavy atom. The highest BCUT2D eigenvalue weighted by atomic mass is 16.5. The van der Waals surface area contributed by atoms with Crippen LogP contribution in [0.5, 0.6) is 5.75 Å². The fraction of sp³-hybridized carbons (Fsp3) is 0.333. The van der Waals surface area contributed by atoms with Crippen molar-refractivity contribution >= 4 is 23.4 Å². The summed E-state index contributed by atoms with van der Waals surface area (Å²) in [6, 6.07) is 11.2. The molecular weight excluding hydrogens is 255 g/mol. The lowest BCUT2D eigenvalue weighted by Gasteiger charge is -2.14. The monoisotopic (exact) mass is 274 g/mol. The molecule has 5 heteroatoms. The number of rotatable bonds is 6. The van der Waals surface area contributed by atoms with Crippen molar-refractivity contribution in [2.75, 3.05) is 13.2 Å². The van der Waals surface area contributed by atoms with E-state index in [0.29, 0.717) is 24.4 Å². The van der Waals surface area contributed by atoms with Gasteiger partial charge in [0.1, 0.15) is 12.4 Å². The van der Waals surface area contributed by atoms with Gasteiger partial charge in [-0.25, -0.2) is 0 Å². The summed E-state index contributed by atoms with van der Waals surface area (Å²) in [5, 5.41) is 20.9. The second-order valence-electron chi connectivity index (χ2n) is 4.84. The lowest BCUT2D eigenvalue weighted by atomic mass is 9.76. The van der Waals surface area contributed by atoms with Gasteiger partial charge in [0.15, 0.2) is 0 Å². The Hall–Kier alpha value is -1.56. The van der Waals surface area contributed by atoms with Crippen molar-refractivity contribution in [2.45, 2.75) is 20.0 Å². The summed E-state index contributed by atoms with van der Waals surface area (Å²) >= 11 is 0. The SMILES string of the molecule is CC(C)OCCOc1ccc2ccccc2c1B(O)O. The summed E-state index contributed by atoms with van der Waals surface area (Å²) in [4.78, 5) is 0. The normalized spacial score (nSPS) is 11.1. The molecule has 2 rings (SSSR count). The smallest absolute Gasteiger partial charge is 0.492 e. The highest BCUT2D eigenvalue weighted by molar-refractivity contribution is 6.63. The van der Waals surface area contributed by atoms with Gasteiger partial charge in [-0.3, -0.25) is 0 Å². The lowest BCUT2D eigenvalue weighted by Crippen LogP contribution is -2.32. The van der Waals surface area contributed by atoms with Crippen LogP contribution < -0.4 is 10.2 Å². The third-order valence-corrected chi connectivity index (χ3v) is 2.98. The Labute approximate surface area is 119 Å². The first-order chi connectivity index (χ1) is 9.59. The second kappa shape index (κ2) is 6.75. The van der Waals surface area contributed by atoms with Crippen LogP contribution >= 0.6 is 0 Å². The fourth-order valence-corrected chi connectivity index (χ4v) is 2.10. The molecule has 20 heavy (non-hydrogen) atoms. The molecule has 0 fully saturated rings. The first-order valence-corrected chi connectivity index (χ1v) is 6.71. The van der Waals surface area contributed by atoms with Gasteiger partial charge in [0.05, 0.1) is 12.7 Å². The van der Waals surface area contributed by atoms with E-state index < -0.39 is 7.12 Å². The number of benzene rings is 2. The van der Waals surface area contributed by atoms with E-state index in [2.05, 4.69) is 0 Å². The van der Waals surface area contributed by atoms with Crippen LogP contribution in [-0.2, 0) is 4.74 Å². The maximum absolute atomic E-state index is 9.59. The van der Waals surface area contributed by atoms with E-state index in [4.69, 9.17) is 9.47 Å². The summed E-state index contributed by atoms with van der Waals surface area (Å²) in [6.07, 6.45) is 0.151. The highest BCUT2D eigenvalue weighted by Gasteiger charge is 2.20. The molecule has 0 aliphatic carbocycles. The molecule has 0 heterocycles. The third kappa shape index (κ3) is 3.51. The van der Waals surface area contributed by atoms with Gasteiger partial charge >= 0.3 is 7.12 Å². The molecule has 2 N–H and O–H groups in total. The van der Waals surface area contributed by atoms with Gasteiger partial charge < -0.3 is 19.5 Å². The molecule has 0 amide bonds. The summed E-state index contributed by atoms with van der Waals surface area (Å²) in [5.41, 5.74) is 0.396. The minimum Gasteiger partial charge on any atom is -0.492 e. The van der Waals surface area contributed by atoms with Crippen LogP contribution in [0.1, 0.15) is 13.8 Å². The topological polar surface area (TPSA) is 58.9 Å². The maximum Gasteiger partial charge on any atom is 0.492 e. The summed E-state index contributed by atoms with van der Waals surface area (Å²) in [7, 11) is -1.57. The first kappa shape index (κ1) is 14.8. The van der Waals surface area contributed by atoms with Crippen LogP contribution in [0.4, 0.5) is 0 Å². The van der Waals surface area contributed by atoms with Gasteiger partial charge in [0.2, 0.25) is 0 Å². The Kier molecular flexibility index (Phi) is 5.01. The minimum atomic E-state index is -1.57. The number of hydrogen-bond donors (Lipinski definition) is 2. The fourth-order valence-electron chi connectivity index (χ4n) is 2.10. The zero-order chi connectivity index (χ0) is 14.5. The van der Waals surface area contributed by atoms with Crippen molar-refractivity contribution in [1.82, 2.24) is 0 Å². The zero-order valence-corrected chi connectivity index (χ0v) is 11.7. The Balaban J connectivity index is 2.22. The maximum atomic E-state index is 9.59. The van der Waals surface area contributed by atoms with Crippen molar-refractivity contribution in [3.8, 4) is 5.75 Å². The molecular formula is C15H19BO4. The minimum absolute atomic E-state index is 0.151. The van der Waals surface area contributed by atoms with E-state index in [1.165, 1.54) is 0 Å². The molecule has 0 bridgehead atoms. The van der Waals surface area contributed by atoms with Crippen LogP contribution in [-0.4, -0.2) is 36.5 Å². The van der Waals surface area contributed by atoms with Crippen molar-refractivity contribution in [2.24, 2.45) is 0 Å². The van der Waals surface area contributed by atoms with Crippen LogP contribution in [0, 0.1) is 0 Å². The average molecular weight is 274 g/mol. The molecule has 2 aromatic rings. The predicted molar refractivity (Wildman–Crippen MR) is 80.4 cm³/mol. The molecule has 0 aromatic heterocycles. The van der Waals surface area contributed by atoms with Gasteiger partial charge in [-0.15, -0.1) is 0 Å². The van der Waals surface area contributed by atoms with E-state index in [1.807, 2.05) is 44.2 Å². The molecule has 2 aromatic carbocycles. The summed E-state index contributed by atoms with van der Waals surface area (Å²) in [5.74, 6) is 0.478. The van der Waals surface area contributed by atoms with Crippen molar-refractivity contribution in [1.29, 1.82) is 0 Å². The molecule has 0 unspecified atom stereocenters. The van der Waals surface area contributed by atoms with Crippen molar-refractivity contribution in [3.05, 3.63) is 36.4 Å². The molecule has 0 spiro atoms. The van der Waals surface area contributed by atoms with E-state index in [1.54, 1.807) is 6.07 Å². The average Bonchev–Trinajstić information content (AvgIpc) is 2.42. The van der Waals surface area contributed by atoms with E-state index in [-0.39, 0.29) is 6.10 Å². The van der Waals surface area contributed by atoms with Crippen LogP contribution in [0.3, 0.4) is 0 Å². The standard InChI is InChI=1S/C15H19BO4/c1-11(2)19-9-10-20-14-8-7-12-5-3-4-6-13(12)15(14)16(17)18/h3-8,11,17-18H,9-10H2,1-2H3. The number of fused-ring (bicyclic) bond motifs is 1. The molecule has 0 aliphatic heterocycles. The van der Waals surface area contributed by atoms with Crippen molar-refractivity contribution < 1.29 is 19.5 Å². The van der Waals surface area contributed by atoms with Crippen LogP contribution in [0.25, 0.3) is 10.8 Å². The van der Waals surface area contributed by atoms with Crippen LogP contribution in [0.2, 0.25) is 0 Å². The third-order valence-electron chi connectivity index (χ3n) is 2.98. The predicted octanol–water partition coefficient (Wildman–Crippen LogP) is 1.32. The molecule has 0 saturated heterocycles. The van der Waals surface area contributed by atoms with Gasteiger partial charge in [-0.2, -0.15) is 0 Å². The Morgan fingerprint density at radius 1 is 1.05 bits per heavy atom. The Morgan fingerprint density at radius 3 is 2.50 bits per heavy atom. The second-order valence-corrected chi connectivity index (χ2v) is 4.84. The molecule has 0 radical (unpaired) electrons. The molecule has 106 valence electrons. The van der Waals surface area contributed by atoms with Gasteiger partial charge in [-0.1, -0.05) is 30.3 Å². The quantitative estimate of drug-likeness (QED) is 0.616. The summed E-state index contributed by atoms with van der Waals surface area (Å²) in [6.45, 7) is 4.75. The van der Waals surface area contributed by atoms with Crippen LogP contribution in [0.15, 0.2) is 36.4 Å². The van der Waals surface area contributed by atoms with Gasteiger partial charge in [0.25, 0.3) is 0 Å². The van der Waals surface area contributed by atoms with Crippen molar-refractivity contribution in [3.63, 3.8) is 0 Å². The van der Waals surface area contributed by atoms with Gasteiger partial charge in [0, 0.05) is 5.46 Å². The van der Waals surface area contributed by atoms with Gasteiger partial charge in [-0.05, 0) is 30.7 Å². The first-order valence-electron chi connectivity index (χ1n) is 6.71. The highest BCUT2D eigenvalue weighted by Crippen LogP contribution is 2.19. The van der Waals surface area contributed by atoms with E-state index >= 15 is 0 Å². The van der Waals surface area contributed by atoms with E-state index in [0.717, 1.165) is 10.8 Å².